The van der Waals surface area contributed by atoms with Crippen LogP contribution in [0.2, 0.25) is 0 Å². The van der Waals surface area contributed by atoms with Crippen LogP contribution in [-0.2, 0) is 13.6 Å². The zero-order chi connectivity index (χ0) is 15.4. The molecule has 0 aromatic rings. The Bertz CT molecular complexity index is 417. The van der Waals surface area contributed by atoms with E-state index < -0.39 is 7.60 Å². The van der Waals surface area contributed by atoms with Crippen LogP contribution in [0.1, 0.15) is 13.8 Å². The summed E-state index contributed by atoms with van der Waals surface area (Å²) in [4.78, 5) is 0. The number of hydrogen-bond donors (Lipinski definition) is 2. The molecule has 7 heteroatoms. The average molecular weight is 299 g/mol. The molecule has 0 radical (unpaired) electrons. The van der Waals surface area contributed by atoms with Crippen LogP contribution in [0.15, 0.2) is 36.4 Å². The van der Waals surface area contributed by atoms with E-state index in [9.17, 15) is 9.83 Å². The molecule has 0 aromatic heterocycles. The first-order chi connectivity index (χ1) is 9.59. The number of nitrogens with zero attached hydrogens (tertiary/aromatic N) is 1. The van der Waals surface area contributed by atoms with Gasteiger partial charge in [0.1, 0.15) is 11.9 Å². The SMILES string of the molecule is C=CCNC(NCC=C)=C(C#N)P(=O)(OCC)OCC. The molecule has 0 saturated carbocycles. The van der Waals surface area contributed by atoms with E-state index in [1.54, 1.807) is 26.0 Å². The summed E-state index contributed by atoms with van der Waals surface area (Å²) in [7, 11) is -3.64. The zero-order valence-electron chi connectivity index (χ0n) is 12.0. The van der Waals surface area contributed by atoms with Crippen molar-refractivity contribution in [2.75, 3.05) is 26.3 Å². The van der Waals surface area contributed by atoms with E-state index in [1.807, 2.05) is 6.07 Å². The fourth-order valence-electron chi connectivity index (χ4n) is 1.34. The second kappa shape index (κ2) is 10.3. The maximum atomic E-state index is 12.7. The van der Waals surface area contributed by atoms with Gasteiger partial charge in [0, 0.05) is 13.1 Å². The Balaban J connectivity index is 5.58. The lowest BCUT2D eigenvalue weighted by molar-refractivity contribution is 0.227. The first-order valence-electron chi connectivity index (χ1n) is 6.33. The molecule has 0 rings (SSSR count). The zero-order valence-corrected chi connectivity index (χ0v) is 12.9. The average Bonchev–Trinajstić information content (AvgIpc) is 2.42. The first-order valence-corrected chi connectivity index (χ1v) is 7.87. The third-order valence-corrected chi connectivity index (χ3v) is 4.13. The minimum Gasteiger partial charge on any atom is -0.367 e. The van der Waals surface area contributed by atoms with E-state index in [4.69, 9.17) is 9.05 Å². The number of nitrogens with one attached hydrogen (secondary N) is 2. The summed E-state index contributed by atoms with van der Waals surface area (Å²) in [6.45, 7) is 11.7. The second-order valence-electron chi connectivity index (χ2n) is 3.51. The van der Waals surface area contributed by atoms with Crippen LogP contribution in [0.25, 0.3) is 0 Å². The van der Waals surface area contributed by atoms with Crippen LogP contribution in [0.3, 0.4) is 0 Å². The van der Waals surface area contributed by atoms with Gasteiger partial charge in [0.05, 0.1) is 13.2 Å². The van der Waals surface area contributed by atoms with Crippen molar-refractivity contribution in [2.45, 2.75) is 13.8 Å². The van der Waals surface area contributed by atoms with E-state index in [2.05, 4.69) is 23.8 Å². The topological polar surface area (TPSA) is 83.4 Å². The molecule has 0 spiro atoms. The van der Waals surface area contributed by atoms with Crippen molar-refractivity contribution in [3.05, 3.63) is 36.4 Å². The van der Waals surface area contributed by atoms with E-state index in [1.165, 1.54) is 0 Å². The Hall–Kier alpha value is -1.54. The van der Waals surface area contributed by atoms with Gasteiger partial charge in [-0.05, 0) is 13.8 Å². The Kier molecular flexibility index (Phi) is 9.48. The highest BCUT2D eigenvalue weighted by molar-refractivity contribution is 7.58. The molecule has 0 fully saturated rings. The summed E-state index contributed by atoms with van der Waals surface area (Å²) >= 11 is 0. The Morgan fingerprint density at radius 1 is 1.20 bits per heavy atom. The molecule has 0 bridgehead atoms. The van der Waals surface area contributed by atoms with Gasteiger partial charge in [-0.3, -0.25) is 4.57 Å². The standard InChI is InChI=1S/C13H22N3O3P/c1-5-9-15-13(16-10-6-2)12(11-14)20(17,18-7-3)19-8-4/h5-6,15-16H,1-2,7-10H2,3-4H3. The number of rotatable bonds is 11. The lowest BCUT2D eigenvalue weighted by atomic mass is 10.5. The molecule has 0 aromatic carbocycles. The van der Waals surface area contributed by atoms with E-state index in [-0.39, 0.29) is 18.5 Å². The van der Waals surface area contributed by atoms with Gasteiger partial charge in [-0.25, -0.2) is 0 Å². The fourth-order valence-corrected chi connectivity index (χ4v) is 2.91. The number of nitriles is 1. The van der Waals surface area contributed by atoms with Crippen molar-refractivity contribution in [2.24, 2.45) is 0 Å². The van der Waals surface area contributed by atoms with Crippen molar-refractivity contribution in [3.63, 3.8) is 0 Å². The van der Waals surface area contributed by atoms with Crippen LogP contribution in [-0.4, -0.2) is 26.3 Å². The van der Waals surface area contributed by atoms with Gasteiger partial charge in [0.2, 0.25) is 0 Å². The van der Waals surface area contributed by atoms with E-state index >= 15 is 0 Å². The van der Waals surface area contributed by atoms with Gasteiger partial charge in [-0.1, -0.05) is 12.2 Å². The van der Waals surface area contributed by atoms with Crippen molar-refractivity contribution >= 4 is 7.60 Å². The highest BCUT2D eigenvalue weighted by atomic mass is 31.2. The number of hydrogen-bond acceptors (Lipinski definition) is 6. The predicted molar refractivity (Wildman–Crippen MR) is 79.9 cm³/mol. The molecular weight excluding hydrogens is 277 g/mol. The summed E-state index contributed by atoms with van der Waals surface area (Å²) in [6, 6.07) is 1.90. The van der Waals surface area contributed by atoms with Gasteiger partial charge in [0.25, 0.3) is 0 Å². The first kappa shape index (κ1) is 18.5. The molecule has 0 aliphatic carbocycles. The smallest absolute Gasteiger partial charge is 0.367 e. The second-order valence-corrected chi connectivity index (χ2v) is 5.47. The largest absolute Gasteiger partial charge is 0.375 e. The highest BCUT2D eigenvalue weighted by Crippen LogP contribution is 2.56. The Morgan fingerprint density at radius 2 is 1.65 bits per heavy atom. The maximum Gasteiger partial charge on any atom is 0.375 e. The minimum absolute atomic E-state index is 0.0788. The summed E-state index contributed by atoms with van der Waals surface area (Å²) in [5, 5.41) is 15.1. The monoisotopic (exact) mass is 299 g/mol. The lowest BCUT2D eigenvalue weighted by Gasteiger charge is -2.20. The molecule has 0 atom stereocenters. The van der Waals surface area contributed by atoms with Crippen LogP contribution >= 0.6 is 7.60 Å². The predicted octanol–water partition coefficient (Wildman–Crippen LogP) is 2.50. The van der Waals surface area contributed by atoms with Gasteiger partial charge in [0.15, 0.2) is 5.31 Å². The molecule has 2 N–H and O–H groups in total. The summed E-state index contributed by atoms with van der Waals surface area (Å²) < 4.78 is 23.0. The summed E-state index contributed by atoms with van der Waals surface area (Å²) in [5.74, 6) is 0.303. The van der Waals surface area contributed by atoms with Crippen molar-refractivity contribution in [1.29, 1.82) is 5.26 Å². The van der Waals surface area contributed by atoms with Gasteiger partial charge >= 0.3 is 7.60 Å². The molecule has 0 aliphatic heterocycles. The highest BCUT2D eigenvalue weighted by Gasteiger charge is 2.33. The fraction of sp³-hybridized carbons (Fsp3) is 0.462. The number of allylic oxidation sites excluding steroid dienone is 1. The van der Waals surface area contributed by atoms with Crippen molar-refractivity contribution < 1.29 is 13.6 Å². The Morgan fingerprint density at radius 3 is 1.95 bits per heavy atom. The van der Waals surface area contributed by atoms with Crippen molar-refractivity contribution in [3.8, 4) is 6.07 Å². The van der Waals surface area contributed by atoms with Crippen LogP contribution in [0.5, 0.6) is 0 Å². The Labute approximate surface area is 120 Å². The third kappa shape index (κ3) is 5.62. The molecule has 112 valence electrons. The quantitative estimate of drug-likeness (QED) is 0.346. The van der Waals surface area contributed by atoms with Gasteiger partial charge in [-0.15, -0.1) is 13.2 Å². The normalized spacial score (nSPS) is 10.2. The molecule has 6 nitrogen and oxygen atoms in total. The van der Waals surface area contributed by atoms with Crippen LogP contribution in [0.4, 0.5) is 0 Å². The molecule has 0 heterocycles. The lowest BCUT2D eigenvalue weighted by Crippen LogP contribution is -2.28. The molecule has 0 unspecified atom stereocenters. The molecule has 20 heavy (non-hydrogen) atoms. The molecule has 0 aliphatic rings. The molecular formula is C13H22N3O3P. The van der Waals surface area contributed by atoms with E-state index in [0.29, 0.717) is 18.9 Å². The molecule has 0 saturated heterocycles. The van der Waals surface area contributed by atoms with Crippen molar-refractivity contribution in [1.82, 2.24) is 10.6 Å². The third-order valence-electron chi connectivity index (χ3n) is 2.06. The summed E-state index contributed by atoms with van der Waals surface area (Å²) in [5.41, 5.74) is 0. The van der Waals surface area contributed by atoms with E-state index in [0.717, 1.165) is 0 Å². The van der Waals surface area contributed by atoms with Gasteiger partial charge in [-0.2, -0.15) is 5.26 Å². The van der Waals surface area contributed by atoms with Crippen LogP contribution in [0, 0.1) is 11.3 Å². The summed E-state index contributed by atoms with van der Waals surface area (Å²) in [6.07, 6.45) is 3.24. The van der Waals surface area contributed by atoms with Crippen LogP contribution < -0.4 is 10.6 Å². The maximum absolute atomic E-state index is 12.7. The van der Waals surface area contributed by atoms with Gasteiger partial charge < -0.3 is 19.7 Å². The minimum atomic E-state index is -3.64. The molecule has 0 amide bonds.